The molecule has 1 atom stereocenters. The summed E-state index contributed by atoms with van der Waals surface area (Å²) in [5.41, 5.74) is 1.28. The fourth-order valence-electron chi connectivity index (χ4n) is 5.71. The second-order valence-corrected chi connectivity index (χ2v) is 12.4. The largest absolute Gasteiger partial charge is 0.457 e. The number of benzene rings is 2. The summed E-state index contributed by atoms with van der Waals surface area (Å²) >= 11 is 0. The van der Waals surface area contributed by atoms with Gasteiger partial charge in [-0.05, 0) is 74.1 Å². The van der Waals surface area contributed by atoms with E-state index < -0.39 is 16.6 Å². The number of nitrogens with zero attached hydrogens (tertiary/aromatic N) is 2. The number of hydrogen-bond donors (Lipinski definition) is 3. The molecule has 2 aromatic rings. The predicted octanol–water partition coefficient (Wildman–Crippen LogP) is 5.66. The van der Waals surface area contributed by atoms with Crippen LogP contribution in [0, 0.1) is 0 Å². The van der Waals surface area contributed by atoms with Crippen LogP contribution in [0.2, 0.25) is 0 Å². The quantitative estimate of drug-likeness (QED) is 0.306. The van der Waals surface area contributed by atoms with Crippen LogP contribution in [-0.4, -0.2) is 69.2 Å². The van der Waals surface area contributed by atoms with Crippen molar-refractivity contribution in [2.75, 3.05) is 37.2 Å². The molecule has 9 heteroatoms. The molecular weight excluding hydrogens is 524 g/mol. The van der Waals surface area contributed by atoms with Gasteiger partial charge in [0.05, 0.1) is 5.60 Å². The number of aliphatic hydroxyl groups is 1. The average molecular weight is 571 g/mol. The van der Waals surface area contributed by atoms with Gasteiger partial charge in [-0.15, -0.1) is 0 Å². The Morgan fingerprint density at radius 2 is 1.68 bits per heavy atom. The Kier molecular flexibility index (Phi) is 11.3. The summed E-state index contributed by atoms with van der Waals surface area (Å²) in [6.45, 7) is 6.05. The van der Waals surface area contributed by atoms with E-state index in [0.717, 1.165) is 94.7 Å². The SMILES string of the molecule is CCCCN(C(=O)NCC1(O)CCCCC1)C1CCN(Cc2ccc(Oc3ccc(NS(C)=O)cc3)cc2)CC1. The molecule has 1 heterocycles. The van der Waals surface area contributed by atoms with Crippen molar-refractivity contribution < 1.29 is 18.8 Å². The molecule has 1 unspecified atom stereocenters. The minimum Gasteiger partial charge on any atom is -0.457 e. The number of carbonyl (C=O) groups is 1. The molecule has 2 aliphatic rings. The molecule has 2 aromatic carbocycles. The number of ether oxygens (including phenoxy) is 1. The van der Waals surface area contributed by atoms with Gasteiger partial charge in [0.15, 0.2) is 0 Å². The topological polar surface area (TPSA) is 94.1 Å². The van der Waals surface area contributed by atoms with Crippen molar-refractivity contribution in [1.29, 1.82) is 0 Å². The fraction of sp³-hybridized carbons (Fsp3) is 0.581. The van der Waals surface area contributed by atoms with E-state index in [0.29, 0.717) is 6.54 Å². The van der Waals surface area contributed by atoms with Crippen LogP contribution in [0.25, 0.3) is 0 Å². The zero-order valence-corrected chi connectivity index (χ0v) is 24.9. The standard InChI is InChI=1S/C31H46N4O4S/c1-3-4-20-35(30(36)32-24-31(37)18-6-5-7-19-31)27-16-21-34(22-17-27)23-25-8-12-28(13-9-25)39-29-14-10-26(11-15-29)33-40(2)38/h8-15,27,33,37H,3-7,16-24H2,1-2H3,(H,32,36). The van der Waals surface area contributed by atoms with Gasteiger partial charge in [0.2, 0.25) is 0 Å². The highest BCUT2D eigenvalue weighted by Gasteiger charge is 2.32. The third-order valence-electron chi connectivity index (χ3n) is 8.05. The minimum atomic E-state index is -1.10. The van der Waals surface area contributed by atoms with Crippen molar-refractivity contribution in [3.63, 3.8) is 0 Å². The Morgan fingerprint density at radius 1 is 1.05 bits per heavy atom. The van der Waals surface area contributed by atoms with Crippen LogP contribution >= 0.6 is 0 Å². The first-order valence-corrected chi connectivity index (χ1v) is 16.4. The maximum atomic E-state index is 13.2. The third kappa shape index (κ3) is 9.21. The van der Waals surface area contributed by atoms with E-state index in [-0.39, 0.29) is 12.1 Å². The molecule has 0 aromatic heterocycles. The summed E-state index contributed by atoms with van der Waals surface area (Å²) < 4.78 is 20.1. The molecule has 1 saturated heterocycles. The summed E-state index contributed by atoms with van der Waals surface area (Å²) in [5, 5.41) is 13.9. The van der Waals surface area contributed by atoms with Crippen LogP contribution in [-0.2, 0) is 17.5 Å². The lowest BCUT2D eigenvalue weighted by Crippen LogP contribution is -2.53. The summed E-state index contributed by atoms with van der Waals surface area (Å²) in [5.74, 6) is 1.50. The molecule has 8 nitrogen and oxygen atoms in total. The van der Waals surface area contributed by atoms with Crippen molar-refractivity contribution in [2.45, 2.75) is 82.9 Å². The van der Waals surface area contributed by atoms with E-state index in [1.165, 1.54) is 12.0 Å². The van der Waals surface area contributed by atoms with Crippen molar-refractivity contribution >= 4 is 22.7 Å². The van der Waals surface area contributed by atoms with E-state index in [1.54, 1.807) is 6.26 Å². The van der Waals surface area contributed by atoms with E-state index in [1.807, 2.05) is 41.3 Å². The van der Waals surface area contributed by atoms with Gasteiger partial charge in [0.25, 0.3) is 0 Å². The molecule has 2 fully saturated rings. The van der Waals surface area contributed by atoms with Crippen LogP contribution in [0.4, 0.5) is 10.5 Å². The monoisotopic (exact) mass is 570 g/mol. The lowest BCUT2D eigenvalue weighted by molar-refractivity contribution is 0.00535. The lowest BCUT2D eigenvalue weighted by atomic mass is 9.85. The molecule has 220 valence electrons. The second kappa shape index (κ2) is 14.8. The Balaban J connectivity index is 1.24. The van der Waals surface area contributed by atoms with E-state index in [4.69, 9.17) is 4.74 Å². The smallest absolute Gasteiger partial charge is 0.317 e. The Bertz CT molecular complexity index is 1080. The van der Waals surface area contributed by atoms with Gasteiger partial charge >= 0.3 is 6.03 Å². The Morgan fingerprint density at radius 3 is 2.27 bits per heavy atom. The maximum Gasteiger partial charge on any atom is 0.317 e. The molecule has 1 saturated carbocycles. The number of amides is 2. The molecule has 4 rings (SSSR count). The average Bonchev–Trinajstić information content (AvgIpc) is 2.95. The van der Waals surface area contributed by atoms with Gasteiger partial charge in [-0.3, -0.25) is 4.90 Å². The van der Waals surface area contributed by atoms with E-state index in [9.17, 15) is 14.1 Å². The van der Waals surface area contributed by atoms with Crippen molar-refractivity contribution in [2.24, 2.45) is 0 Å². The number of unbranched alkanes of at least 4 members (excludes halogenated alkanes) is 1. The highest BCUT2D eigenvalue weighted by atomic mass is 32.2. The fourth-order valence-corrected chi connectivity index (χ4v) is 6.18. The van der Waals surface area contributed by atoms with Crippen LogP contribution in [0.1, 0.15) is 70.3 Å². The van der Waals surface area contributed by atoms with Crippen LogP contribution < -0.4 is 14.8 Å². The van der Waals surface area contributed by atoms with Crippen molar-refractivity contribution in [3.8, 4) is 11.5 Å². The number of hydrogen-bond acceptors (Lipinski definition) is 5. The van der Waals surface area contributed by atoms with Gasteiger partial charge < -0.3 is 24.8 Å². The van der Waals surface area contributed by atoms with Crippen LogP contribution in [0.5, 0.6) is 11.5 Å². The summed E-state index contributed by atoms with van der Waals surface area (Å²) in [4.78, 5) is 17.7. The molecule has 0 radical (unpaired) electrons. The number of carbonyl (C=O) groups excluding carboxylic acids is 1. The predicted molar refractivity (Wildman–Crippen MR) is 162 cm³/mol. The number of likely N-dealkylation sites (tertiary alicyclic amines) is 1. The van der Waals surface area contributed by atoms with Gasteiger partial charge in [-0.25, -0.2) is 9.00 Å². The minimum absolute atomic E-state index is 0.0206. The Hall–Kier alpha value is -2.62. The number of anilines is 1. The zero-order valence-electron chi connectivity index (χ0n) is 24.1. The van der Waals surface area contributed by atoms with Crippen molar-refractivity contribution in [3.05, 3.63) is 54.1 Å². The number of piperidine rings is 1. The molecular formula is C31H46N4O4S. The molecule has 40 heavy (non-hydrogen) atoms. The highest BCUT2D eigenvalue weighted by molar-refractivity contribution is 7.85. The number of rotatable bonds is 12. The molecule has 1 aliphatic carbocycles. The summed E-state index contributed by atoms with van der Waals surface area (Å²) in [7, 11) is -1.10. The van der Waals surface area contributed by atoms with Crippen LogP contribution in [0.3, 0.4) is 0 Å². The molecule has 0 bridgehead atoms. The highest BCUT2D eigenvalue weighted by Crippen LogP contribution is 2.28. The van der Waals surface area contributed by atoms with Gasteiger partial charge in [-0.2, -0.15) is 0 Å². The number of nitrogens with one attached hydrogen (secondary N) is 2. The lowest BCUT2D eigenvalue weighted by Gasteiger charge is -2.39. The Labute approximate surface area is 242 Å². The van der Waals surface area contributed by atoms with E-state index in [2.05, 4.69) is 34.0 Å². The number of urea groups is 1. The molecule has 3 N–H and O–H groups in total. The normalized spacial score (nSPS) is 18.6. The first-order valence-electron chi connectivity index (χ1n) is 14.8. The van der Waals surface area contributed by atoms with Gasteiger partial charge in [0, 0.05) is 50.7 Å². The second-order valence-electron chi connectivity index (χ2n) is 11.3. The summed E-state index contributed by atoms with van der Waals surface area (Å²) in [6, 6.07) is 15.8. The van der Waals surface area contributed by atoms with Gasteiger partial charge in [-0.1, -0.05) is 44.7 Å². The summed E-state index contributed by atoms with van der Waals surface area (Å²) in [6.07, 6.45) is 10.4. The maximum absolute atomic E-state index is 13.2. The molecule has 1 aliphatic heterocycles. The first-order chi connectivity index (χ1) is 19.3. The third-order valence-corrected chi connectivity index (χ3v) is 8.57. The van der Waals surface area contributed by atoms with Crippen molar-refractivity contribution in [1.82, 2.24) is 15.1 Å². The van der Waals surface area contributed by atoms with Gasteiger partial charge in [0.1, 0.15) is 22.5 Å². The molecule has 2 amide bonds. The van der Waals surface area contributed by atoms with E-state index >= 15 is 0 Å². The first kappa shape index (κ1) is 30.3. The molecule has 0 spiro atoms. The zero-order chi connectivity index (χ0) is 28.4. The van der Waals surface area contributed by atoms with Crippen LogP contribution in [0.15, 0.2) is 48.5 Å².